The maximum Gasteiger partial charge on any atom is 0.339 e. The predicted octanol–water partition coefficient (Wildman–Crippen LogP) is 3.99. The van der Waals surface area contributed by atoms with E-state index in [-0.39, 0.29) is 33.8 Å². The predicted molar refractivity (Wildman–Crippen MR) is 113 cm³/mol. The molecule has 0 spiro atoms. The van der Waals surface area contributed by atoms with Gasteiger partial charge in [0.05, 0.1) is 5.56 Å². The lowest BCUT2D eigenvalue weighted by molar-refractivity contribution is 0.0473. The summed E-state index contributed by atoms with van der Waals surface area (Å²) in [5, 5.41) is 0. The summed E-state index contributed by atoms with van der Waals surface area (Å²) >= 11 is 0. The summed E-state index contributed by atoms with van der Waals surface area (Å²) in [6, 6.07) is 16.6. The first-order chi connectivity index (χ1) is 15.0. The van der Waals surface area contributed by atoms with Crippen LogP contribution in [0.4, 0.5) is 0 Å². The average Bonchev–Trinajstić information content (AvgIpc) is 3.28. The Morgan fingerprint density at radius 3 is 2.29 bits per heavy atom. The van der Waals surface area contributed by atoms with Crippen molar-refractivity contribution >= 4 is 23.3 Å². The summed E-state index contributed by atoms with van der Waals surface area (Å²) in [5.74, 6) is -1.82. The van der Waals surface area contributed by atoms with Crippen molar-refractivity contribution < 1.29 is 23.9 Å². The molecule has 31 heavy (non-hydrogen) atoms. The van der Waals surface area contributed by atoms with Crippen LogP contribution in [0.3, 0.4) is 0 Å². The summed E-state index contributed by atoms with van der Waals surface area (Å²) in [6.07, 6.45) is 3.05. The van der Waals surface area contributed by atoms with Crippen molar-refractivity contribution in [3.05, 3.63) is 105 Å². The normalized spacial score (nSPS) is 13.9. The van der Waals surface area contributed by atoms with Crippen molar-refractivity contribution in [2.75, 3.05) is 6.61 Å². The molecule has 2 aliphatic rings. The molecule has 0 aromatic heterocycles. The molecule has 0 radical (unpaired) electrons. The van der Waals surface area contributed by atoms with Crippen molar-refractivity contribution in [1.82, 2.24) is 0 Å². The number of fused-ring (bicyclic) bond motifs is 3. The number of aryl methyl sites for hydroxylation is 2. The largest absolute Gasteiger partial charge is 0.454 e. The van der Waals surface area contributed by atoms with Gasteiger partial charge in [0.25, 0.3) is 0 Å². The number of Topliss-reactive ketones (excluding diaryl/α,β-unsaturated/α-hetero) is 1. The Labute approximate surface area is 178 Å². The maximum absolute atomic E-state index is 13.0. The van der Waals surface area contributed by atoms with Gasteiger partial charge in [0.1, 0.15) is 0 Å². The number of rotatable bonds is 4. The third kappa shape index (κ3) is 3.19. The molecule has 152 valence electrons. The van der Waals surface area contributed by atoms with Gasteiger partial charge in [0.2, 0.25) is 0 Å². The van der Waals surface area contributed by atoms with E-state index in [1.54, 1.807) is 30.3 Å². The molecular formula is C26H18O5. The van der Waals surface area contributed by atoms with Crippen LogP contribution in [0.5, 0.6) is 0 Å². The fraction of sp³-hybridized carbons (Fsp3) is 0.154. The molecule has 0 amide bonds. The zero-order valence-corrected chi connectivity index (χ0v) is 16.6. The SMILES string of the molecule is O=C(COC(=O)c1cccc2c1C(=O)c1ccccc1C2=O)c1ccc2c(c1)CCC2. The Morgan fingerprint density at radius 2 is 1.48 bits per heavy atom. The van der Waals surface area contributed by atoms with Crippen LogP contribution in [0.1, 0.15) is 70.1 Å². The molecule has 5 rings (SSSR count). The average molecular weight is 410 g/mol. The molecular weight excluding hydrogens is 392 g/mol. The van der Waals surface area contributed by atoms with E-state index >= 15 is 0 Å². The van der Waals surface area contributed by atoms with Crippen LogP contribution in [0.25, 0.3) is 0 Å². The lowest BCUT2D eigenvalue weighted by Crippen LogP contribution is -2.25. The first-order valence-electron chi connectivity index (χ1n) is 10.2. The lowest BCUT2D eigenvalue weighted by atomic mass is 9.82. The minimum atomic E-state index is -0.799. The minimum Gasteiger partial charge on any atom is -0.454 e. The van der Waals surface area contributed by atoms with Crippen molar-refractivity contribution in [1.29, 1.82) is 0 Å². The first kappa shape index (κ1) is 19.1. The van der Waals surface area contributed by atoms with Crippen LogP contribution in [-0.4, -0.2) is 29.9 Å². The van der Waals surface area contributed by atoms with Crippen LogP contribution >= 0.6 is 0 Å². The zero-order chi connectivity index (χ0) is 21.5. The smallest absolute Gasteiger partial charge is 0.339 e. The van der Waals surface area contributed by atoms with Gasteiger partial charge in [-0.2, -0.15) is 0 Å². The number of hydrogen-bond donors (Lipinski definition) is 0. The highest BCUT2D eigenvalue weighted by Crippen LogP contribution is 2.30. The molecule has 3 aromatic rings. The summed E-state index contributed by atoms with van der Waals surface area (Å²) in [5.41, 5.74) is 3.69. The van der Waals surface area contributed by atoms with E-state index in [1.807, 2.05) is 12.1 Å². The van der Waals surface area contributed by atoms with Crippen LogP contribution in [-0.2, 0) is 17.6 Å². The second kappa shape index (κ2) is 7.43. The lowest BCUT2D eigenvalue weighted by Gasteiger charge is -2.19. The van der Waals surface area contributed by atoms with Gasteiger partial charge < -0.3 is 4.74 Å². The molecule has 5 nitrogen and oxygen atoms in total. The summed E-state index contributed by atoms with van der Waals surface area (Å²) < 4.78 is 5.25. The van der Waals surface area contributed by atoms with Crippen LogP contribution < -0.4 is 0 Å². The Bertz CT molecular complexity index is 1280. The molecule has 2 aliphatic carbocycles. The number of ether oxygens (including phenoxy) is 1. The number of carbonyl (C=O) groups excluding carboxylic acids is 4. The molecule has 0 saturated carbocycles. The highest BCUT2D eigenvalue weighted by atomic mass is 16.5. The Balaban J connectivity index is 1.39. The zero-order valence-electron chi connectivity index (χ0n) is 16.6. The molecule has 0 saturated heterocycles. The number of hydrogen-bond acceptors (Lipinski definition) is 5. The highest BCUT2D eigenvalue weighted by Gasteiger charge is 2.33. The third-order valence-electron chi connectivity index (χ3n) is 5.93. The van der Waals surface area contributed by atoms with Crippen LogP contribution in [0, 0.1) is 0 Å². The topological polar surface area (TPSA) is 77.5 Å². The number of ketones is 3. The van der Waals surface area contributed by atoms with Gasteiger partial charge in [-0.1, -0.05) is 48.5 Å². The molecule has 0 fully saturated rings. The first-order valence-corrected chi connectivity index (χ1v) is 10.2. The van der Waals surface area contributed by atoms with Gasteiger partial charge in [-0.3, -0.25) is 14.4 Å². The molecule has 0 atom stereocenters. The molecule has 0 N–H and O–H groups in total. The molecule has 0 bridgehead atoms. The van der Waals surface area contributed by atoms with Gasteiger partial charge in [-0.25, -0.2) is 4.79 Å². The van der Waals surface area contributed by atoms with E-state index in [0.29, 0.717) is 11.1 Å². The van der Waals surface area contributed by atoms with Crippen molar-refractivity contribution in [3.8, 4) is 0 Å². The molecule has 0 aliphatic heterocycles. The maximum atomic E-state index is 13.0. The Morgan fingerprint density at radius 1 is 0.774 bits per heavy atom. The van der Waals surface area contributed by atoms with E-state index < -0.39 is 18.4 Å². The van der Waals surface area contributed by atoms with E-state index in [0.717, 1.165) is 24.8 Å². The van der Waals surface area contributed by atoms with Crippen LogP contribution in [0.2, 0.25) is 0 Å². The van der Waals surface area contributed by atoms with Crippen molar-refractivity contribution in [2.24, 2.45) is 0 Å². The van der Waals surface area contributed by atoms with E-state index in [4.69, 9.17) is 4.74 Å². The van der Waals surface area contributed by atoms with Gasteiger partial charge >= 0.3 is 5.97 Å². The van der Waals surface area contributed by atoms with E-state index in [9.17, 15) is 19.2 Å². The van der Waals surface area contributed by atoms with Gasteiger partial charge in [-0.15, -0.1) is 0 Å². The van der Waals surface area contributed by atoms with Crippen molar-refractivity contribution in [2.45, 2.75) is 19.3 Å². The molecule has 5 heteroatoms. The third-order valence-corrected chi connectivity index (χ3v) is 5.93. The molecule has 0 heterocycles. The molecule has 0 unspecified atom stereocenters. The van der Waals surface area contributed by atoms with Gasteiger partial charge in [0, 0.05) is 27.8 Å². The standard InChI is InChI=1S/C26H18O5/c27-22(17-12-11-15-5-3-6-16(15)13-17)14-31-26(30)21-10-4-9-20-23(21)25(29)19-8-2-1-7-18(19)24(20)28/h1-2,4,7-13H,3,5-6,14H2. The number of esters is 1. The fourth-order valence-electron chi connectivity index (χ4n) is 4.35. The molecule has 3 aromatic carbocycles. The Kier molecular flexibility index (Phi) is 4.59. The second-order valence-electron chi connectivity index (χ2n) is 7.77. The van der Waals surface area contributed by atoms with Gasteiger partial charge in [0.15, 0.2) is 24.0 Å². The number of carbonyl (C=O) groups is 4. The number of benzene rings is 3. The van der Waals surface area contributed by atoms with E-state index in [2.05, 4.69) is 0 Å². The summed E-state index contributed by atoms with van der Waals surface area (Å²) in [4.78, 5) is 51.2. The van der Waals surface area contributed by atoms with Gasteiger partial charge in [-0.05, 0) is 42.5 Å². The van der Waals surface area contributed by atoms with Crippen molar-refractivity contribution in [3.63, 3.8) is 0 Å². The summed E-state index contributed by atoms with van der Waals surface area (Å²) in [7, 11) is 0. The highest BCUT2D eigenvalue weighted by molar-refractivity contribution is 6.30. The monoisotopic (exact) mass is 410 g/mol. The minimum absolute atomic E-state index is 0.00731. The quantitative estimate of drug-likeness (QED) is 0.376. The fourth-order valence-corrected chi connectivity index (χ4v) is 4.35. The second-order valence-corrected chi connectivity index (χ2v) is 7.77. The van der Waals surface area contributed by atoms with Crippen LogP contribution in [0.15, 0.2) is 60.7 Å². The summed E-state index contributed by atoms with van der Waals surface area (Å²) in [6.45, 7) is -0.431. The Hall–Kier alpha value is -3.86. The van der Waals surface area contributed by atoms with E-state index in [1.165, 1.54) is 23.8 Å².